The van der Waals surface area contributed by atoms with Crippen LogP contribution in [0.25, 0.3) is 0 Å². The number of carbonyl (C=O) groups is 1. The van der Waals surface area contributed by atoms with Gasteiger partial charge in [0, 0.05) is 12.4 Å². The summed E-state index contributed by atoms with van der Waals surface area (Å²) in [5.41, 5.74) is 0. The van der Waals surface area contributed by atoms with E-state index < -0.39 is 0 Å². The van der Waals surface area contributed by atoms with Gasteiger partial charge in [0.15, 0.2) is 0 Å². The highest BCUT2D eigenvalue weighted by Crippen LogP contribution is 2.20. The molecule has 0 saturated carbocycles. The Morgan fingerprint density at radius 1 is 1.06 bits per heavy atom. The molecule has 86 valence electrons. The van der Waals surface area contributed by atoms with Gasteiger partial charge in [0.05, 0.1) is 0 Å². The van der Waals surface area contributed by atoms with E-state index in [1.54, 1.807) is 48.8 Å². The molecule has 17 heavy (non-hydrogen) atoms. The molecule has 0 aliphatic heterocycles. The molecule has 0 spiro atoms. The lowest BCUT2D eigenvalue weighted by Gasteiger charge is -2.19. The number of anilines is 2. The second kappa shape index (κ2) is 5.41. The van der Waals surface area contributed by atoms with Crippen LogP contribution in [0.2, 0.25) is 0 Å². The summed E-state index contributed by atoms with van der Waals surface area (Å²) in [6.45, 7) is 0. The molecule has 0 saturated heterocycles. The number of pyridine rings is 2. The molecule has 0 atom stereocenters. The maximum absolute atomic E-state index is 11.8. The maximum atomic E-state index is 11.8. The van der Waals surface area contributed by atoms with Crippen LogP contribution in [0.3, 0.4) is 0 Å². The molecule has 0 N–H and O–H groups in total. The van der Waals surface area contributed by atoms with Crippen molar-refractivity contribution >= 4 is 29.1 Å². The smallest absolute Gasteiger partial charge is 0.248 e. The molecule has 0 unspecified atom stereocenters. The van der Waals surface area contributed by atoms with Crippen molar-refractivity contribution in [2.24, 2.45) is 0 Å². The molecule has 0 fully saturated rings. The minimum Gasteiger partial charge on any atom is -0.273 e. The van der Waals surface area contributed by atoms with E-state index in [-0.39, 0.29) is 11.8 Å². The van der Waals surface area contributed by atoms with Crippen molar-refractivity contribution in [3.63, 3.8) is 0 Å². The Morgan fingerprint density at radius 3 is 1.94 bits per heavy atom. The van der Waals surface area contributed by atoms with Crippen molar-refractivity contribution < 1.29 is 4.79 Å². The molecule has 0 aromatic carbocycles. The van der Waals surface area contributed by atoms with Gasteiger partial charge >= 0.3 is 0 Å². The number of aromatic nitrogens is 2. The summed E-state index contributed by atoms with van der Waals surface area (Å²) in [4.78, 5) is 21.5. The summed E-state index contributed by atoms with van der Waals surface area (Å²) in [6.07, 6.45) is 3.24. The Balaban J connectivity index is 2.43. The minimum atomic E-state index is -0.260. The van der Waals surface area contributed by atoms with E-state index in [0.717, 1.165) is 0 Å². The zero-order valence-electron chi connectivity index (χ0n) is 8.95. The third-order valence-electron chi connectivity index (χ3n) is 2.12. The first-order valence-corrected chi connectivity index (χ1v) is 5.57. The molecule has 2 aromatic rings. The molecule has 4 nitrogen and oxygen atoms in total. The number of alkyl halides is 1. The lowest BCUT2D eigenvalue weighted by atomic mass is 10.3. The third-order valence-corrected chi connectivity index (χ3v) is 2.35. The Labute approximate surface area is 104 Å². The monoisotopic (exact) mass is 247 g/mol. The summed E-state index contributed by atoms with van der Waals surface area (Å²) >= 11 is 5.60. The number of hydrogen-bond donors (Lipinski definition) is 0. The second-order valence-electron chi connectivity index (χ2n) is 3.24. The van der Waals surface area contributed by atoms with Crippen LogP contribution in [-0.2, 0) is 4.79 Å². The van der Waals surface area contributed by atoms with Crippen LogP contribution in [0.1, 0.15) is 0 Å². The summed E-state index contributed by atoms with van der Waals surface area (Å²) in [6, 6.07) is 10.6. The van der Waals surface area contributed by atoms with Crippen molar-refractivity contribution in [1.29, 1.82) is 0 Å². The van der Waals surface area contributed by atoms with Crippen LogP contribution in [-0.4, -0.2) is 21.8 Å². The average Bonchev–Trinajstić information content (AvgIpc) is 2.41. The Kier molecular flexibility index (Phi) is 3.67. The van der Waals surface area contributed by atoms with Gasteiger partial charge in [-0.15, -0.1) is 11.6 Å². The second-order valence-corrected chi connectivity index (χ2v) is 3.51. The summed E-state index contributed by atoms with van der Waals surface area (Å²) in [5.74, 6) is 0.644. The predicted octanol–water partition coefficient (Wildman–Crippen LogP) is 2.38. The highest BCUT2D eigenvalue weighted by atomic mass is 35.5. The van der Waals surface area contributed by atoms with E-state index in [1.165, 1.54) is 4.90 Å². The van der Waals surface area contributed by atoms with Gasteiger partial charge in [0.1, 0.15) is 17.5 Å². The standard InChI is InChI=1S/C12H10ClN3O/c13-9-12(17)16(10-5-1-3-7-14-10)11-6-2-4-8-15-11/h1-8H,9H2. The molecule has 1 amide bonds. The van der Waals surface area contributed by atoms with Crippen LogP contribution < -0.4 is 4.90 Å². The van der Waals surface area contributed by atoms with Gasteiger partial charge in [0.25, 0.3) is 0 Å². The SMILES string of the molecule is O=C(CCl)N(c1ccccn1)c1ccccn1. The largest absolute Gasteiger partial charge is 0.273 e. The van der Waals surface area contributed by atoms with Gasteiger partial charge in [0.2, 0.25) is 5.91 Å². The van der Waals surface area contributed by atoms with Gasteiger partial charge in [-0.1, -0.05) is 12.1 Å². The zero-order valence-corrected chi connectivity index (χ0v) is 9.71. The molecule has 0 bridgehead atoms. The van der Waals surface area contributed by atoms with E-state index in [1.807, 2.05) is 0 Å². The van der Waals surface area contributed by atoms with E-state index >= 15 is 0 Å². The van der Waals surface area contributed by atoms with Crippen molar-refractivity contribution in [2.45, 2.75) is 0 Å². The zero-order chi connectivity index (χ0) is 12.1. The third kappa shape index (κ3) is 2.60. The highest BCUT2D eigenvalue weighted by molar-refractivity contribution is 6.30. The molecule has 2 aromatic heterocycles. The van der Waals surface area contributed by atoms with Gasteiger partial charge < -0.3 is 0 Å². The van der Waals surface area contributed by atoms with Gasteiger partial charge in [-0.25, -0.2) is 14.9 Å². The van der Waals surface area contributed by atoms with Gasteiger partial charge in [-0.3, -0.25) is 4.79 Å². The number of nitrogens with zero attached hydrogens (tertiary/aromatic N) is 3. The van der Waals surface area contributed by atoms with Gasteiger partial charge in [-0.2, -0.15) is 0 Å². The molecule has 0 aliphatic rings. The molecular weight excluding hydrogens is 238 g/mol. The summed E-state index contributed by atoms with van der Waals surface area (Å²) < 4.78 is 0. The average molecular weight is 248 g/mol. The Bertz CT molecular complexity index is 450. The first-order valence-electron chi connectivity index (χ1n) is 5.04. The number of carbonyl (C=O) groups excluding carboxylic acids is 1. The molecular formula is C12H10ClN3O. The van der Waals surface area contributed by atoms with Crippen molar-refractivity contribution in [1.82, 2.24) is 9.97 Å². The quantitative estimate of drug-likeness (QED) is 0.783. The van der Waals surface area contributed by atoms with E-state index in [4.69, 9.17) is 11.6 Å². The fourth-order valence-electron chi connectivity index (χ4n) is 1.40. The number of rotatable bonds is 3. The molecule has 0 radical (unpaired) electrons. The van der Waals surface area contributed by atoms with Crippen LogP contribution >= 0.6 is 11.6 Å². The molecule has 5 heteroatoms. The Morgan fingerprint density at radius 2 is 1.59 bits per heavy atom. The molecule has 0 aliphatic carbocycles. The van der Waals surface area contributed by atoms with E-state index in [2.05, 4.69) is 9.97 Å². The lowest BCUT2D eigenvalue weighted by molar-refractivity contribution is -0.115. The topological polar surface area (TPSA) is 46.1 Å². The number of hydrogen-bond acceptors (Lipinski definition) is 3. The van der Waals surface area contributed by atoms with E-state index in [0.29, 0.717) is 11.6 Å². The molecule has 2 heterocycles. The predicted molar refractivity (Wildman–Crippen MR) is 66.3 cm³/mol. The highest BCUT2D eigenvalue weighted by Gasteiger charge is 2.18. The number of amides is 1. The van der Waals surface area contributed by atoms with Crippen molar-refractivity contribution in [2.75, 3.05) is 10.8 Å². The van der Waals surface area contributed by atoms with E-state index in [9.17, 15) is 4.79 Å². The van der Waals surface area contributed by atoms with Crippen molar-refractivity contribution in [3.05, 3.63) is 48.8 Å². The van der Waals surface area contributed by atoms with Crippen molar-refractivity contribution in [3.8, 4) is 0 Å². The Hall–Kier alpha value is -1.94. The lowest BCUT2D eigenvalue weighted by Crippen LogP contribution is -2.28. The number of halogens is 1. The van der Waals surface area contributed by atoms with Crippen LogP contribution in [0.15, 0.2) is 48.8 Å². The first-order chi connectivity index (χ1) is 8.33. The normalized spacial score (nSPS) is 9.94. The van der Waals surface area contributed by atoms with Crippen LogP contribution in [0.5, 0.6) is 0 Å². The van der Waals surface area contributed by atoms with Crippen LogP contribution in [0.4, 0.5) is 11.6 Å². The van der Waals surface area contributed by atoms with Crippen LogP contribution in [0, 0.1) is 0 Å². The fraction of sp³-hybridized carbons (Fsp3) is 0.0833. The maximum Gasteiger partial charge on any atom is 0.248 e. The molecule has 2 rings (SSSR count). The summed E-state index contributed by atoms with van der Waals surface area (Å²) in [7, 11) is 0. The summed E-state index contributed by atoms with van der Waals surface area (Å²) in [5, 5.41) is 0. The first kappa shape index (κ1) is 11.5. The van der Waals surface area contributed by atoms with Gasteiger partial charge in [-0.05, 0) is 24.3 Å². The fourth-order valence-corrected chi connectivity index (χ4v) is 1.52. The minimum absolute atomic E-state index is 0.118.